The van der Waals surface area contributed by atoms with E-state index < -0.39 is 0 Å². The van der Waals surface area contributed by atoms with E-state index in [4.69, 9.17) is 10.00 Å². The molecule has 4 heteroatoms. The average molecular weight is 308 g/mol. The standard InChI is InChI=1S/C19H20N2O2/c1-14-3-4-15(2)18(13-14)23-12-10-19(22)21-17-7-5-16(6-8-17)9-11-20/h3-8,13H,9-10,12H2,1-2H3,(H,21,22). The number of hydrogen-bond acceptors (Lipinski definition) is 3. The second-order valence-electron chi connectivity index (χ2n) is 5.45. The number of anilines is 1. The fourth-order valence-corrected chi connectivity index (χ4v) is 2.14. The minimum absolute atomic E-state index is 0.0941. The summed E-state index contributed by atoms with van der Waals surface area (Å²) in [7, 11) is 0. The van der Waals surface area contributed by atoms with Gasteiger partial charge in [-0.1, -0.05) is 24.3 Å². The Morgan fingerprint density at radius 1 is 1.17 bits per heavy atom. The molecule has 0 saturated carbocycles. The summed E-state index contributed by atoms with van der Waals surface area (Å²) in [6.45, 7) is 4.33. The molecular weight excluding hydrogens is 288 g/mol. The molecule has 0 atom stereocenters. The summed E-state index contributed by atoms with van der Waals surface area (Å²) in [5, 5.41) is 11.5. The smallest absolute Gasteiger partial charge is 0.227 e. The summed E-state index contributed by atoms with van der Waals surface area (Å²) in [5.74, 6) is 0.724. The molecule has 0 aliphatic carbocycles. The molecule has 2 aromatic carbocycles. The molecule has 0 aromatic heterocycles. The third-order valence-corrected chi connectivity index (χ3v) is 3.45. The summed E-state index contributed by atoms with van der Waals surface area (Å²) in [4.78, 5) is 11.9. The van der Waals surface area contributed by atoms with Gasteiger partial charge in [0, 0.05) is 5.69 Å². The van der Waals surface area contributed by atoms with Crippen LogP contribution in [0.15, 0.2) is 42.5 Å². The highest BCUT2D eigenvalue weighted by Crippen LogP contribution is 2.19. The predicted octanol–water partition coefficient (Wildman–Crippen LogP) is 3.78. The van der Waals surface area contributed by atoms with Crippen molar-refractivity contribution in [1.82, 2.24) is 0 Å². The highest BCUT2D eigenvalue weighted by Gasteiger charge is 2.05. The summed E-state index contributed by atoms with van der Waals surface area (Å²) in [6.07, 6.45) is 0.658. The van der Waals surface area contributed by atoms with Crippen molar-refractivity contribution in [2.45, 2.75) is 26.7 Å². The zero-order valence-electron chi connectivity index (χ0n) is 13.4. The third kappa shape index (κ3) is 5.15. The summed E-state index contributed by atoms with van der Waals surface area (Å²) >= 11 is 0. The van der Waals surface area contributed by atoms with E-state index in [9.17, 15) is 4.79 Å². The Morgan fingerprint density at radius 3 is 2.61 bits per heavy atom. The van der Waals surface area contributed by atoms with Crippen molar-refractivity contribution < 1.29 is 9.53 Å². The van der Waals surface area contributed by atoms with E-state index in [-0.39, 0.29) is 12.3 Å². The first-order valence-corrected chi connectivity index (χ1v) is 7.54. The maximum Gasteiger partial charge on any atom is 0.227 e. The number of rotatable bonds is 6. The number of nitrogens with one attached hydrogen (secondary N) is 1. The normalized spacial score (nSPS) is 9.96. The predicted molar refractivity (Wildman–Crippen MR) is 90.4 cm³/mol. The van der Waals surface area contributed by atoms with E-state index in [0.717, 1.165) is 28.1 Å². The largest absolute Gasteiger partial charge is 0.493 e. The molecule has 0 radical (unpaired) electrons. The molecule has 0 unspecified atom stereocenters. The number of aryl methyl sites for hydroxylation is 2. The van der Waals surface area contributed by atoms with E-state index >= 15 is 0 Å². The zero-order valence-corrected chi connectivity index (χ0v) is 13.4. The van der Waals surface area contributed by atoms with E-state index in [1.165, 1.54) is 0 Å². The van der Waals surface area contributed by atoms with Gasteiger partial charge < -0.3 is 10.1 Å². The Labute approximate surface area is 136 Å². The van der Waals surface area contributed by atoms with Crippen molar-refractivity contribution in [2.24, 2.45) is 0 Å². The number of ether oxygens (including phenoxy) is 1. The number of carbonyl (C=O) groups is 1. The molecule has 0 aliphatic heterocycles. The fraction of sp³-hybridized carbons (Fsp3) is 0.263. The van der Waals surface area contributed by atoms with Gasteiger partial charge in [-0.3, -0.25) is 4.79 Å². The van der Waals surface area contributed by atoms with Gasteiger partial charge in [0.2, 0.25) is 5.91 Å². The first kappa shape index (κ1) is 16.6. The monoisotopic (exact) mass is 308 g/mol. The van der Waals surface area contributed by atoms with Crippen LogP contribution in [0.3, 0.4) is 0 Å². The number of nitrogens with zero attached hydrogens (tertiary/aromatic N) is 1. The molecule has 0 fully saturated rings. The lowest BCUT2D eigenvalue weighted by molar-refractivity contribution is -0.116. The van der Waals surface area contributed by atoms with Gasteiger partial charge in [-0.15, -0.1) is 0 Å². The van der Waals surface area contributed by atoms with Crippen molar-refractivity contribution in [3.05, 3.63) is 59.2 Å². The molecule has 0 heterocycles. The summed E-state index contributed by atoms with van der Waals surface area (Å²) < 4.78 is 5.68. The minimum atomic E-state index is -0.0941. The van der Waals surface area contributed by atoms with Gasteiger partial charge in [0.15, 0.2) is 0 Å². The molecule has 2 rings (SSSR count). The second kappa shape index (κ2) is 8.00. The quantitative estimate of drug-likeness (QED) is 0.883. The Bertz CT molecular complexity index is 715. The van der Waals surface area contributed by atoms with Crippen LogP contribution in [0.1, 0.15) is 23.1 Å². The van der Waals surface area contributed by atoms with E-state index in [1.54, 1.807) is 12.1 Å². The number of nitriles is 1. The van der Waals surface area contributed by atoms with Crippen LogP contribution in [0.2, 0.25) is 0 Å². The second-order valence-corrected chi connectivity index (χ2v) is 5.45. The molecule has 0 aliphatic rings. The first-order valence-electron chi connectivity index (χ1n) is 7.54. The van der Waals surface area contributed by atoms with Crippen LogP contribution in [0.4, 0.5) is 5.69 Å². The van der Waals surface area contributed by atoms with Crippen molar-refractivity contribution in [2.75, 3.05) is 11.9 Å². The number of hydrogen-bond donors (Lipinski definition) is 1. The Kier molecular flexibility index (Phi) is 5.76. The fourth-order valence-electron chi connectivity index (χ4n) is 2.14. The van der Waals surface area contributed by atoms with Crippen LogP contribution < -0.4 is 10.1 Å². The number of carbonyl (C=O) groups excluding carboxylic acids is 1. The van der Waals surface area contributed by atoms with Gasteiger partial charge in [0.25, 0.3) is 0 Å². The molecule has 0 spiro atoms. The molecule has 4 nitrogen and oxygen atoms in total. The third-order valence-electron chi connectivity index (χ3n) is 3.45. The first-order chi connectivity index (χ1) is 11.1. The van der Waals surface area contributed by atoms with Gasteiger partial charge >= 0.3 is 0 Å². The van der Waals surface area contributed by atoms with Crippen molar-refractivity contribution in [3.8, 4) is 11.8 Å². The molecule has 2 aromatic rings. The molecule has 1 amide bonds. The molecule has 0 bridgehead atoms. The molecule has 118 valence electrons. The van der Waals surface area contributed by atoms with Gasteiger partial charge in [-0.2, -0.15) is 5.26 Å². The number of amides is 1. The van der Waals surface area contributed by atoms with E-state index in [0.29, 0.717) is 13.0 Å². The van der Waals surface area contributed by atoms with Crippen LogP contribution in [0.25, 0.3) is 0 Å². The lowest BCUT2D eigenvalue weighted by Gasteiger charge is -2.10. The van der Waals surface area contributed by atoms with Crippen LogP contribution in [0, 0.1) is 25.2 Å². The van der Waals surface area contributed by atoms with Crippen molar-refractivity contribution in [1.29, 1.82) is 5.26 Å². The van der Waals surface area contributed by atoms with Crippen molar-refractivity contribution in [3.63, 3.8) is 0 Å². The molecular formula is C19H20N2O2. The van der Waals surface area contributed by atoms with Gasteiger partial charge in [-0.05, 0) is 48.7 Å². The van der Waals surface area contributed by atoms with E-state index in [2.05, 4.69) is 11.4 Å². The Morgan fingerprint density at radius 2 is 1.91 bits per heavy atom. The summed E-state index contributed by atoms with van der Waals surface area (Å²) in [6, 6.07) is 15.4. The molecule has 0 saturated heterocycles. The average Bonchev–Trinajstić information content (AvgIpc) is 2.53. The SMILES string of the molecule is Cc1ccc(C)c(OCCC(=O)Nc2ccc(CC#N)cc2)c1. The maximum atomic E-state index is 11.9. The Hall–Kier alpha value is -2.80. The van der Waals surface area contributed by atoms with Crippen molar-refractivity contribution >= 4 is 11.6 Å². The number of benzene rings is 2. The zero-order chi connectivity index (χ0) is 16.7. The van der Waals surface area contributed by atoms with Gasteiger partial charge in [0.1, 0.15) is 5.75 Å². The molecule has 23 heavy (non-hydrogen) atoms. The molecule has 1 N–H and O–H groups in total. The van der Waals surface area contributed by atoms with Gasteiger partial charge in [-0.25, -0.2) is 0 Å². The van der Waals surface area contributed by atoms with Crippen LogP contribution in [-0.4, -0.2) is 12.5 Å². The highest BCUT2D eigenvalue weighted by atomic mass is 16.5. The maximum absolute atomic E-state index is 11.9. The van der Waals surface area contributed by atoms with Crippen LogP contribution >= 0.6 is 0 Å². The Balaban J connectivity index is 1.81. The highest BCUT2D eigenvalue weighted by molar-refractivity contribution is 5.90. The summed E-state index contributed by atoms with van der Waals surface area (Å²) in [5.41, 5.74) is 3.85. The lowest BCUT2D eigenvalue weighted by atomic mass is 10.1. The minimum Gasteiger partial charge on any atom is -0.493 e. The van der Waals surface area contributed by atoms with Crippen LogP contribution in [0.5, 0.6) is 5.75 Å². The van der Waals surface area contributed by atoms with Gasteiger partial charge in [0.05, 0.1) is 25.5 Å². The lowest BCUT2D eigenvalue weighted by Crippen LogP contribution is -2.15. The van der Waals surface area contributed by atoms with E-state index in [1.807, 2.05) is 44.2 Å². The topological polar surface area (TPSA) is 62.1 Å². The van der Waals surface area contributed by atoms with Crippen LogP contribution in [-0.2, 0) is 11.2 Å².